The third kappa shape index (κ3) is 8.57. The Morgan fingerprint density at radius 2 is 1.07 bits per heavy atom. The van der Waals surface area contributed by atoms with Crippen LogP contribution in [0.15, 0.2) is 34.3 Å². The minimum atomic E-state index is -1.29. The number of fused-ring (bicyclic) bond motifs is 1. The highest BCUT2D eigenvalue weighted by molar-refractivity contribution is 5.79. The average molecular weight is 415 g/mol. The first-order chi connectivity index (χ1) is 14.7. The highest BCUT2D eigenvalue weighted by atomic mass is 16.4. The Kier molecular flexibility index (Phi) is 11.7. The van der Waals surface area contributed by atoms with Gasteiger partial charge >= 0.3 is 5.97 Å². The van der Waals surface area contributed by atoms with Gasteiger partial charge in [0.1, 0.15) is 0 Å². The van der Waals surface area contributed by atoms with Crippen LogP contribution in [0, 0.1) is 0 Å². The molecule has 1 aliphatic heterocycles. The van der Waals surface area contributed by atoms with Crippen LogP contribution >= 0.6 is 0 Å². The summed E-state index contributed by atoms with van der Waals surface area (Å²) in [5.41, 5.74) is -1.29. The Hall–Kier alpha value is -1.71. The Labute approximate surface area is 182 Å². The minimum absolute atomic E-state index is 0.495. The Bertz CT molecular complexity index is 694. The average Bonchev–Trinajstić information content (AvgIpc) is 3.13. The molecule has 1 aromatic rings. The van der Waals surface area contributed by atoms with Gasteiger partial charge in [-0.2, -0.15) is 0 Å². The first-order valence-corrected chi connectivity index (χ1v) is 12.5. The number of nitrogens with zero attached hydrogens (tertiary/aromatic N) is 2. The molecule has 30 heavy (non-hydrogen) atoms. The highest BCUT2D eigenvalue weighted by Crippen LogP contribution is 2.23. The number of benzene rings is 1. The van der Waals surface area contributed by atoms with E-state index in [2.05, 4.69) is 16.9 Å². The monoisotopic (exact) mass is 414 g/mol. The van der Waals surface area contributed by atoms with E-state index in [4.69, 9.17) is 0 Å². The number of hydrogen-bond acceptors (Lipinski definition) is 3. The van der Waals surface area contributed by atoms with Gasteiger partial charge in [-0.15, -0.1) is 0 Å². The van der Waals surface area contributed by atoms with Gasteiger partial charge in [0.05, 0.1) is 10.7 Å². The quantitative estimate of drug-likeness (QED) is 0.284. The van der Waals surface area contributed by atoms with Crippen LogP contribution < -0.4 is 10.7 Å². The maximum atomic E-state index is 11.8. The van der Waals surface area contributed by atoms with E-state index in [1.165, 1.54) is 89.9 Å². The summed E-state index contributed by atoms with van der Waals surface area (Å²) >= 11 is 0. The number of carbonyl (C=O) groups is 1. The number of carboxylic acid groups (broad SMARTS) is 1. The van der Waals surface area contributed by atoms with Gasteiger partial charge in [0.25, 0.3) is 0 Å². The lowest BCUT2D eigenvalue weighted by Gasteiger charge is -2.17. The first kappa shape index (κ1) is 24.6. The topological polar surface area (TPSA) is 62.0 Å². The summed E-state index contributed by atoms with van der Waals surface area (Å²) in [4.78, 5) is 20.6. The molecule has 0 radical (unpaired) electrons. The van der Waals surface area contributed by atoms with Crippen molar-refractivity contribution >= 4 is 5.97 Å². The zero-order chi connectivity index (χ0) is 21.5. The Morgan fingerprint density at radius 3 is 1.43 bits per heavy atom. The number of carboxylic acids is 1. The first-order valence-electron chi connectivity index (χ1n) is 12.5. The van der Waals surface area contributed by atoms with Crippen molar-refractivity contribution < 1.29 is 9.90 Å². The van der Waals surface area contributed by atoms with Gasteiger partial charge in [0.2, 0.25) is 5.66 Å². The Morgan fingerprint density at radius 1 is 0.700 bits per heavy atom. The molecule has 1 N–H and O–H groups in total. The third-order valence-electron chi connectivity index (χ3n) is 6.21. The van der Waals surface area contributed by atoms with Crippen molar-refractivity contribution in [2.24, 2.45) is 9.98 Å². The van der Waals surface area contributed by atoms with E-state index in [0.29, 0.717) is 17.1 Å². The molecule has 0 aromatic heterocycles. The maximum Gasteiger partial charge on any atom is 0.354 e. The van der Waals surface area contributed by atoms with E-state index in [1.807, 2.05) is 24.3 Å². The fraction of sp³-hybridized carbons (Fsp3) is 0.731. The van der Waals surface area contributed by atoms with Crippen molar-refractivity contribution in [3.05, 3.63) is 35.0 Å². The van der Waals surface area contributed by atoms with E-state index in [1.54, 1.807) is 0 Å². The molecule has 0 fully saturated rings. The SMILES string of the molecule is CCCCCCCCCCCCCCCCCCC1(C(=O)O)N=c2ccccc2=N1. The maximum absolute atomic E-state index is 11.8. The summed E-state index contributed by atoms with van der Waals surface area (Å²) in [5, 5.41) is 11.1. The lowest BCUT2D eigenvalue weighted by atomic mass is 10.0. The molecule has 2 rings (SSSR count). The number of hydrogen-bond donors (Lipinski definition) is 1. The number of rotatable bonds is 18. The van der Waals surface area contributed by atoms with Gasteiger partial charge in [0.15, 0.2) is 0 Å². The normalized spacial score (nSPS) is 14.2. The van der Waals surface area contributed by atoms with Gasteiger partial charge in [-0.05, 0) is 18.6 Å². The van der Waals surface area contributed by atoms with E-state index in [0.717, 1.165) is 12.8 Å². The van der Waals surface area contributed by atoms with E-state index in [9.17, 15) is 9.90 Å². The van der Waals surface area contributed by atoms with Crippen molar-refractivity contribution in [3.8, 4) is 0 Å². The van der Waals surface area contributed by atoms with Crippen LogP contribution in [0.2, 0.25) is 0 Å². The van der Waals surface area contributed by atoms with Gasteiger partial charge < -0.3 is 5.11 Å². The van der Waals surface area contributed by atoms with Crippen LogP contribution in [-0.4, -0.2) is 16.7 Å². The minimum Gasteiger partial charge on any atom is -0.478 e. The molecular formula is C26H42N2O2. The summed E-state index contributed by atoms with van der Waals surface area (Å²) in [6.45, 7) is 2.27. The van der Waals surface area contributed by atoms with Crippen LogP contribution in [0.25, 0.3) is 0 Å². The molecule has 0 atom stereocenters. The zero-order valence-electron chi connectivity index (χ0n) is 19.1. The van der Waals surface area contributed by atoms with Gasteiger partial charge in [-0.25, -0.2) is 14.8 Å². The van der Waals surface area contributed by atoms with E-state index in [-0.39, 0.29) is 0 Å². The van der Waals surface area contributed by atoms with Gasteiger partial charge in [-0.3, -0.25) is 0 Å². The second kappa shape index (κ2) is 14.3. The molecule has 0 bridgehead atoms. The predicted molar refractivity (Wildman–Crippen MR) is 123 cm³/mol. The molecule has 0 amide bonds. The van der Waals surface area contributed by atoms with Crippen molar-refractivity contribution in [2.45, 2.75) is 122 Å². The Balaban J connectivity index is 1.45. The number of para-hydroxylation sites is 2. The van der Waals surface area contributed by atoms with Crippen molar-refractivity contribution in [3.63, 3.8) is 0 Å². The van der Waals surface area contributed by atoms with Crippen molar-refractivity contribution in [1.82, 2.24) is 0 Å². The summed E-state index contributed by atoms with van der Waals surface area (Å²) in [6, 6.07) is 7.45. The molecule has 4 heteroatoms. The standard InChI is InChI=1S/C26H42N2O2/c1-2-3-4-5-6-7-8-9-10-11-12-13-14-15-16-19-22-26(25(29)30)27-23-20-17-18-21-24(23)28-26/h17-18,20-21H,2-16,19,22H2,1H3,(H,29,30). The number of unbranched alkanes of at least 4 members (excludes halogenated alkanes) is 15. The number of aliphatic carboxylic acids is 1. The molecule has 168 valence electrons. The van der Waals surface area contributed by atoms with Crippen molar-refractivity contribution in [1.29, 1.82) is 0 Å². The third-order valence-corrected chi connectivity index (χ3v) is 6.21. The fourth-order valence-corrected chi connectivity index (χ4v) is 4.31. The molecule has 0 aliphatic carbocycles. The predicted octanol–water partition coefficient (Wildman–Crippen LogP) is 6.37. The van der Waals surface area contributed by atoms with Crippen LogP contribution in [0.3, 0.4) is 0 Å². The molecule has 1 heterocycles. The van der Waals surface area contributed by atoms with E-state index >= 15 is 0 Å². The lowest BCUT2D eigenvalue weighted by Crippen LogP contribution is -2.34. The molecule has 1 aliphatic rings. The second-order valence-electron chi connectivity index (χ2n) is 8.89. The second-order valence-corrected chi connectivity index (χ2v) is 8.89. The summed E-state index contributed by atoms with van der Waals surface area (Å²) < 4.78 is 0. The summed E-state index contributed by atoms with van der Waals surface area (Å²) in [6.07, 6.45) is 21.5. The molecule has 0 saturated heterocycles. The largest absolute Gasteiger partial charge is 0.478 e. The zero-order valence-corrected chi connectivity index (χ0v) is 19.1. The summed E-state index contributed by atoms with van der Waals surface area (Å²) in [7, 11) is 0. The van der Waals surface area contributed by atoms with Crippen LogP contribution in [0.4, 0.5) is 0 Å². The molecular weight excluding hydrogens is 372 g/mol. The molecule has 1 aromatic carbocycles. The fourth-order valence-electron chi connectivity index (χ4n) is 4.31. The highest BCUT2D eigenvalue weighted by Gasteiger charge is 2.39. The molecule has 0 unspecified atom stereocenters. The van der Waals surface area contributed by atoms with Gasteiger partial charge in [-0.1, -0.05) is 115 Å². The van der Waals surface area contributed by atoms with Crippen LogP contribution in [0.5, 0.6) is 0 Å². The van der Waals surface area contributed by atoms with Crippen LogP contribution in [-0.2, 0) is 4.79 Å². The van der Waals surface area contributed by atoms with Gasteiger partial charge in [0, 0.05) is 6.42 Å². The van der Waals surface area contributed by atoms with E-state index < -0.39 is 11.6 Å². The van der Waals surface area contributed by atoms with Crippen molar-refractivity contribution in [2.75, 3.05) is 0 Å². The lowest BCUT2D eigenvalue weighted by molar-refractivity contribution is -0.143. The molecule has 0 spiro atoms. The molecule has 0 saturated carbocycles. The molecule has 4 nitrogen and oxygen atoms in total. The van der Waals surface area contributed by atoms with Crippen LogP contribution in [0.1, 0.15) is 116 Å². The summed E-state index contributed by atoms with van der Waals surface area (Å²) in [5.74, 6) is -0.931. The smallest absolute Gasteiger partial charge is 0.354 e.